The first-order valence-electron chi connectivity index (χ1n) is 8.80. The topological polar surface area (TPSA) is 41.5 Å². The predicted molar refractivity (Wildman–Crippen MR) is 114 cm³/mol. The van der Waals surface area contributed by atoms with E-state index in [1.54, 1.807) is 23.9 Å². The number of halogens is 4. The van der Waals surface area contributed by atoms with E-state index < -0.39 is 17.6 Å². The number of amides is 1. The van der Waals surface area contributed by atoms with Crippen LogP contribution in [0, 0.1) is 0 Å². The molecule has 0 spiro atoms. The monoisotopic (exact) mass is 448 g/mol. The Labute approximate surface area is 181 Å². The Morgan fingerprint density at radius 2 is 1.67 bits per heavy atom. The molecular formula is C22H16ClF3N2OS. The van der Waals surface area contributed by atoms with Gasteiger partial charge in [-0.1, -0.05) is 41.9 Å². The maximum Gasteiger partial charge on any atom is 0.417 e. The van der Waals surface area contributed by atoms with Gasteiger partial charge < -0.3 is 0 Å². The van der Waals surface area contributed by atoms with E-state index in [9.17, 15) is 18.0 Å². The normalized spacial score (nSPS) is 11.6. The summed E-state index contributed by atoms with van der Waals surface area (Å²) in [5, 5.41) is 4.34. The van der Waals surface area contributed by atoms with Crippen LogP contribution in [0.5, 0.6) is 0 Å². The zero-order valence-electron chi connectivity index (χ0n) is 15.5. The lowest BCUT2D eigenvalue weighted by Gasteiger charge is -2.09. The largest absolute Gasteiger partial charge is 0.417 e. The van der Waals surface area contributed by atoms with E-state index in [-0.39, 0.29) is 5.56 Å². The molecule has 0 fully saturated rings. The summed E-state index contributed by atoms with van der Waals surface area (Å²) in [6, 6.07) is 19.5. The molecule has 30 heavy (non-hydrogen) atoms. The maximum atomic E-state index is 13.0. The van der Waals surface area contributed by atoms with Gasteiger partial charge in [-0.15, -0.1) is 11.8 Å². The van der Waals surface area contributed by atoms with Crippen molar-refractivity contribution in [3.05, 3.63) is 100 Å². The highest BCUT2D eigenvalue weighted by Crippen LogP contribution is 2.31. The molecule has 0 atom stereocenters. The van der Waals surface area contributed by atoms with E-state index in [2.05, 4.69) is 10.5 Å². The lowest BCUT2D eigenvalue weighted by atomic mass is 10.1. The summed E-state index contributed by atoms with van der Waals surface area (Å²) in [6.45, 7) is 0. The average molecular weight is 449 g/mol. The lowest BCUT2D eigenvalue weighted by molar-refractivity contribution is -0.137. The van der Waals surface area contributed by atoms with Gasteiger partial charge in [0, 0.05) is 26.8 Å². The van der Waals surface area contributed by atoms with Gasteiger partial charge in [0.2, 0.25) is 0 Å². The SMILES string of the molecule is O=C(N/N=C\c1ccccc1C(F)(F)F)c1ccc(CSc2ccc(Cl)cc2)cc1. The molecule has 0 aliphatic rings. The smallest absolute Gasteiger partial charge is 0.267 e. The molecule has 154 valence electrons. The van der Waals surface area contributed by atoms with Crippen LogP contribution in [-0.2, 0) is 11.9 Å². The molecule has 1 amide bonds. The molecule has 0 radical (unpaired) electrons. The van der Waals surface area contributed by atoms with Crippen molar-refractivity contribution >= 4 is 35.5 Å². The van der Waals surface area contributed by atoms with E-state index in [0.29, 0.717) is 10.6 Å². The van der Waals surface area contributed by atoms with Crippen molar-refractivity contribution in [2.45, 2.75) is 16.8 Å². The third-order valence-electron chi connectivity index (χ3n) is 4.07. The summed E-state index contributed by atoms with van der Waals surface area (Å²) in [5.41, 5.74) is 2.69. The molecule has 0 heterocycles. The fourth-order valence-corrected chi connectivity index (χ4v) is 3.52. The molecule has 0 saturated heterocycles. The molecule has 3 aromatic carbocycles. The van der Waals surface area contributed by atoms with Crippen LogP contribution >= 0.6 is 23.4 Å². The summed E-state index contributed by atoms with van der Waals surface area (Å²) in [7, 11) is 0. The number of nitrogens with zero attached hydrogens (tertiary/aromatic N) is 1. The van der Waals surface area contributed by atoms with Crippen molar-refractivity contribution in [1.29, 1.82) is 0 Å². The molecule has 0 aliphatic carbocycles. The highest BCUT2D eigenvalue weighted by molar-refractivity contribution is 7.98. The van der Waals surface area contributed by atoms with E-state index >= 15 is 0 Å². The molecule has 0 unspecified atom stereocenters. The van der Waals surface area contributed by atoms with Gasteiger partial charge in [-0.25, -0.2) is 5.43 Å². The Morgan fingerprint density at radius 1 is 1.00 bits per heavy atom. The minimum atomic E-state index is -4.49. The Balaban J connectivity index is 1.57. The van der Waals surface area contributed by atoms with Gasteiger partial charge in [-0.3, -0.25) is 4.79 Å². The number of alkyl halides is 3. The van der Waals surface area contributed by atoms with E-state index in [4.69, 9.17) is 11.6 Å². The van der Waals surface area contributed by atoms with Crippen molar-refractivity contribution in [1.82, 2.24) is 5.43 Å². The molecule has 0 bridgehead atoms. The van der Waals surface area contributed by atoms with Gasteiger partial charge >= 0.3 is 6.18 Å². The van der Waals surface area contributed by atoms with Crippen molar-refractivity contribution in [3.63, 3.8) is 0 Å². The Bertz CT molecular complexity index is 1040. The molecule has 8 heteroatoms. The van der Waals surface area contributed by atoms with Crippen molar-refractivity contribution in [2.75, 3.05) is 0 Å². The van der Waals surface area contributed by atoms with Crippen LogP contribution < -0.4 is 5.43 Å². The molecular weight excluding hydrogens is 433 g/mol. The minimum absolute atomic E-state index is 0.125. The minimum Gasteiger partial charge on any atom is -0.267 e. The fourth-order valence-electron chi connectivity index (χ4n) is 2.54. The number of nitrogens with one attached hydrogen (secondary N) is 1. The maximum absolute atomic E-state index is 13.0. The molecule has 3 aromatic rings. The van der Waals surface area contributed by atoms with Crippen LogP contribution in [-0.4, -0.2) is 12.1 Å². The second kappa shape index (κ2) is 9.82. The van der Waals surface area contributed by atoms with E-state index in [1.165, 1.54) is 18.2 Å². The van der Waals surface area contributed by atoms with Crippen LogP contribution in [0.1, 0.15) is 27.0 Å². The first kappa shape index (κ1) is 21.9. The number of hydrazone groups is 1. The second-order valence-electron chi connectivity index (χ2n) is 6.22. The number of carbonyl (C=O) groups is 1. The quantitative estimate of drug-likeness (QED) is 0.269. The van der Waals surface area contributed by atoms with Crippen LogP contribution in [0.4, 0.5) is 13.2 Å². The third-order valence-corrected chi connectivity index (χ3v) is 5.41. The van der Waals surface area contributed by atoms with Gasteiger partial charge in [-0.05, 0) is 48.0 Å². The highest BCUT2D eigenvalue weighted by atomic mass is 35.5. The Morgan fingerprint density at radius 3 is 2.33 bits per heavy atom. The van der Waals surface area contributed by atoms with Crippen LogP contribution in [0.2, 0.25) is 5.02 Å². The van der Waals surface area contributed by atoms with Gasteiger partial charge in [0.1, 0.15) is 0 Å². The Kier molecular flexibility index (Phi) is 7.18. The highest BCUT2D eigenvalue weighted by Gasteiger charge is 2.32. The van der Waals surface area contributed by atoms with Crippen LogP contribution in [0.15, 0.2) is 82.8 Å². The third kappa shape index (κ3) is 6.11. The summed E-state index contributed by atoms with van der Waals surface area (Å²) in [6.07, 6.45) is -3.51. The number of hydrogen-bond acceptors (Lipinski definition) is 3. The molecule has 1 N–H and O–H groups in total. The standard InChI is InChI=1S/C22H16ClF3N2OS/c23-18-9-11-19(12-10-18)30-14-15-5-7-16(8-6-15)21(29)28-27-13-17-3-1-2-4-20(17)22(24,25)26/h1-13H,14H2,(H,28,29)/b27-13-. The number of thioether (sulfide) groups is 1. The number of hydrogen-bond donors (Lipinski definition) is 1. The fraction of sp³-hybridized carbons (Fsp3) is 0.0909. The molecule has 0 saturated carbocycles. The molecule has 3 nitrogen and oxygen atoms in total. The number of benzene rings is 3. The summed E-state index contributed by atoms with van der Waals surface area (Å²) in [5.74, 6) is 0.211. The molecule has 3 rings (SSSR count). The van der Waals surface area contributed by atoms with Crippen molar-refractivity contribution < 1.29 is 18.0 Å². The summed E-state index contributed by atoms with van der Waals surface area (Å²) in [4.78, 5) is 13.3. The first-order valence-corrected chi connectivity index (χ1v) is 10.2. The molecule has 0 aromatic heterocycles. The second-order valence-corrected chi connectivity index (χ2v) is 7.71. The van der Waals surface area contributed by atoms with E-state index in [0.717, 1.165) is 28.5 Å². The Hall–Kier alpha value is -2.77. The van der Waals surface area contributed by atoms with Crippen molar-refractivity contribution in [3.8, 4) is 0 Å². The van der Waals surface area contributed by atoms with Crippen LogP contribution in [0.3, 0.4) is 0 Å². The van der Waals surface area contributed by atoms with Crippen LogP contribution in [0.25, 0.3) is 0 Å². The first-order chi connectivity index (χ1) is 14.3. The average Bonchev–Trinajstić information content (AvgIpc) is 2.73. The number of rotatable bonds is 6. The van der Waals surface area contributed by atoms with Crippen molar-refractivity contribution in [2.24, 2.45) is 5.10 Å². The predicted octanol–water partition coefficient (Wildman–Crippen LogP) is 6.42. The van der Waals surface area contributed by atoms with Gasteiger partial charge in [0.05, 0.1) is 11.8 Å². The van der Waals surface area contributed by atoms with Gasteiger partial charge in [0.15, 0.2) is 0 Å². The zero-order valence-corrected chi connectivity index (χ0v) is 17.1. The van der Waals surface area contributed by atoms with Gasteiger partial charge in [-0.2, -0.15) is 18.3 Å². The lowest BCUT2D eigenvalue weighted by Crippen LogP contribution is -2.18. The number of carbonyl (C=O) groups excluding carboxylic acids is 1. The molecule has 0 aliphatic heterocycles. The van der Waals surface area contributed by atoms with Gasteiger partial charge in [0.25, 0.3) is 5.91 Å². The zero-order chi connectivity index (χ0) is 21.6. The van der Waals surface area contributed by atoms with E-state index in [1.807, 2.05) is 36.4 Å². The summed E-state index contributed by atoms with van der Waals surface area (Å²) >= 11 is 7.50. The summed E-state index contributed by atoms with van der Waals surface area (Å²) < 4.78 is 38.9.